The van der Waals surface area contributed by atoms with Gasteiger partial charge < -0.3 is 16.0 Å². The highest BCUT2D eigenvalue weighted by Crippen LogP contribution is 2.23. The van der Waals surface area contributed by atoms with Crippen LogP contribution in [0.1, 0.15) is 40.3 Å². The van der Waals surface area contributed by atoms with Gasteiger partial charge in [0.15, 0.2) is 5.82 Å². The van der Waals surface area contributed by atoms with Crippen LogP contribution in [-0.4, -0.2) is 21.7 Å². The third kappa shape index (κ3) is 5.41. The largest absolute Gasteiger partial charge is 0.345 e. The van der Waals surface area contributed by atoms with Crippen LogP contribution in [0, 0.1) is 25.5 Å². The molecular formula is C27H25F2N5O2. The Morgan fingerprint density at radius 2 is 1.53 bits per heavy atom. The predicted molar refractivity (Wildman–Crippen MR) is 134 cm³/mol. The maximum atomic E-state index is 14.3. The second kappa shape index (κ2) is 10.4. The Kier molecular flexibility index (Phi) is 7.10. The fourth-order valence-electron chi connectivity index (χ4n) is 3.88. The molecule has 4 rings (SSSR count). The van der Waals surface area contributed by atoms with E-state index in [0.717, 1.165) is 17.7 Å². The highest BCUT2D eigenvalue weighted by atomic mass is 19.1. The van der Waals surface area contributed by atoms with Gasteiger partial charge in [-0.3, -0.25) is 4.79 Å². The van der Waals surface area contributed by atoms with Crippen molar-refractivity contribution in [1.82, 2.24) is 15.1 Å². The minimum Gasteiger partial charge on any atom is -0.345 e. The van der Waals surface area contributed by atoms with Crippen molar-refractivity contribution >= 4 is 23.3 Å². The lowest BCUT2D eigenvalue weighted by atomic mass is 10.1. The SMILES string of the molecule is Cc1nn(-c2ccc(F)cc2F)c(C)c1C(=O)NC(C)c1ccc(NC(=O)Nc2ccccc2)cc1. The number of hydrogen-bond acceptors (Lipinski definition) is 3. The molecule has 184 valence electrons. The summed E-state index contributed by atoms with van der Waals surface area (Å²) in [6.45, 7) is 5.14. The van der Waals surface area contributed by atoms with E-state index >= 15 is 0 Å². The van der Waals surface area contributed by atoms with Gasteiger partial charge in [-0.1, -0.05) is 30.3 Å². The van der Waals surface area contributed by atoms with Gasteiger partial charge in [-0.2, -0.15) is 5.10 Å². The number of para-hydroxylation sites is 1. The monoisotopic (exact) mass is 489 g/mol. The first kappa shape index (κ1) is 24.6. The Morgan fingerprint density at radius 1 is 0.889 bits per heavy atom. The molecule has 1 aromatic heterocycles. The van der Waals surface area contributed by atoms with Crippen LogP contribution >= 0.6 is 0 Å². The van der Waals surface area contributed by atoms with Crippen LogP contribution in [0.25, 0.3) is 5.69 Å². The van der Waals surface area contributed by atoms with Crippen molar-refractivity contribution in [2.45, 2.75) is 26.8 Å². The minimum absolute atomic E-state index is 0.0588. The highest BCUT2D eigenvalue weighted by molar-refractivity contribution is 5.99. The van der Waals surface area contributed by atoms with Gasteiger partial charge in [-0.25, -0.2) is 18.3 Å². The summed E-state index contributed by atoms with van der Waals surface area (Å²) in [7, 11) is 0. The molecule has 4 aromatic rings. The van der Waals surface area contributed by atoms with E-state index in [-0.39, 0.29) is 23.7 Å². The first-order chi connectivity index (χ1) is 17.2. The van der Waals surface area contributed by atoms with E-state index in [1.54, 1.807) is 50.2 Å². The van der Waals surface area contributed by atoms with Crippen molar-refractivity contribution in [3.63, 3.8) is 0 Å². The molecule has 0 saturated heterocycles. The van der Waals surface area contributed by atoms with E-state index in [2.05, 4.69) is 21.0 Å². The number of anilines is 2. The number of benzene rings is 3. The molecule has 0 saturated carbocycles. The summed E-state index contributed by atoms with van der Waals surface area (Å²) in [6, 6.07) is 18.7. The van der Waals surface area contributed by atoms with E-state index < -0.39 is 11.6 Å². The van der Waals surface area contributed by atoms with E-state index in [9.17, 15) is 18.4 Å². The molecule has 3 amide bonds. The Labute approximate surface area is 207 Å². The molecule has 1 heterocycles. The van der Waals surface area contributed by atoms with Crippen molar-refractivity contribution in [1.29, 1.82) is 0 Å². The summed E-state index contributed by atoms with van der Waals surface area (Å²) in [5, 5.41) is 12.7. The minimum atomic E-state index is -0.771. The van der Waals surface area contributed by atoms with Gasteiger partial charge in [0.1, 0.15) is 11.5 Å². The molecule has 1 unspecified atom stereocenters. The number of halogens is 2. The molecule has 0 spiro atoms. The van der Waals surface area contributed by atoms with Crippen molar-refractivity contribution in [3.05, 3.63) is 107 Å². The molecule has 36 heavy (non-hydrogen) atoms. The standard InChI is InChI=1S/C27H25F2N5O2/c1-16(19-9-12-22(13-10-19)32-27(36)31-21-7-5-4-6-8-21)30-26(35)25-17(2)33-34(18(25)3)24-14-11-20(28)15-23(24)29/h4-16H,1-3H3,(H,30,35)(H2,31,32,36). The molecule has 0 aliphatic heterocycles. The molecule has 0 bridgehead atoms. The molecule has 0 aliphatic carbocycles. The lowest BCUT2D eigenvalue weighted by Crippen LogP contribution is -2.27. The molecular weight excluding hydrogens is 464 g/mol. The number of urea groups is 1. The third-order valence-electron chi connectivity index (χ3n) is 5.70. The topological polar surface area (TPSA) is 88.1 Å². The Hall–Kier alpha value is -4.53. The first-order valence-electron chi connectivity index (χ1n) is 11.3. The molecule has 0 aliphatic rings. The predicted octanol–water partition coefficient (Wildman–Crippen LogP) is 5.90. The zero-order valence-corrected chi connectivity index (χ0v) is 20.0. The van der Waals surface area contributed by atoms with Gasteiger partial charge in [0.25, 0.3) is 5.91 Å². The number of aromatic nitrogens is 2. The number of nitrogens with one attached hydrogen (secondary N) is 3. The van der Waals surface area contributed by atoms with Crippen LogP contribution in [0.4, 0.5) is 25.0 Å². The van der Waals surface area contributed by atoms with Gasteiger partial charge in [0, 0.05) is 17.4 Å². The van der Waals surface area contributed by atoms with Crippen LogP contribution in [0.3, 0.4) is 0 Å². The zero-order valence-electron chi connectivity index (χ0n) is 20.0. The Balaban J connectivity index is 1.42. The van der Waals surface area contributed by atoms with Gasteiger partial charge in [0.2, 0.25) is 0 Å². The van der Waals surface area contributed by atoms with Crippen molar-refractivity contribution < 1.29 is 18.4 Å². The molecule has 9 heteroatoms. The van der Waals surface area contributed by atoms with Gasteiger partial charge >= 0.3 is 6.03 Å². The average molecular weight is 490 g/mol. The number of rotatable bonds is 6. The summed E-state index contributed by atoms with van der Waals surface area (Å²) < 4.78 is 28.9. The lowest BCUT2D eigenvalue weighted by molar-refractivity contribution is 0.0938. The number of hydrogen-bond donors (Lipinski definition) is 3. The normalized spacial score (nSPS) is 11.6. The second-order valence-electron chi connectivity index (χ2n) is 8.32. The van der Waals surface area contributed by atoms with Gasteiger partial charge in [0.05, 0.1) is 23.0 Å². The van der Waals surface area contributed by atoms with E-state index in [1.165, 1.54) is 10.7 Å². The number of aryl methyl sites for hydroxylation is 1. The lowest BCUT2D eigenvalue weighted by Gasteiger charge is -2.15. The number of carbonyl (C=O) groups excluding carboxylic acids is 2. The fraction of sp³-hybridized carbons (Fsp3) is 0.148. The summed E-state index contributed by atoms with van der Waals surface area (Å²) >= 11 is 0. The summed E-state index contributed by atoms with van der Waals surface area (Å²) in [6.07, 6.45) is 0. The first-order valence-corrected chi connectivity index (χ1v) is 11.3. The highest BCUT2D eigenvalue weighted by Gasteiger charge is 2.22. The second-order valence-corrected chi connectivity index (χ2v) is 8.32. The van der Waals surface area contributed by atoms with Crippen molar-refractivity contribution in [2.75, 3.05) is 10.6 Å². The quantitative estimate of drug-likeness (QED) is 0.315. The van der Waals surface area contributed by atoms with Crippen LogP contribution in [0.5, 0.6) is 0 Å². The van der Waals surface area contributed by atoms with Crippen LogP contribution in [-0.2, 0) is 0 Å². The van der Waals surface area contributed by atoms with Crippen molar-refractivity contribution in [3.8, 4) is 5.69 Å². The van der Waals surface area contributed by atoms with E-state index in [1.807, 2.05) is 25.1 Å². The Bertz CT molecular complexity index is 1400. The number of nitrogens with zero attached hydrogens (tertiary/aromatic N) is 2. The summed E-state index contributed by atoms with van der Waals surface area (Å²) in [4.78, 5) is 25.2. The third-order valence-corrected chi connectivity index (χ3v) is 5.70. The van der Waals surface area contributed by atoms with Gasteiger partial charge in [-0.15, -0.1) is 0 Å². The molecule has 1 atom stereocenters. The summed E-state index contributed by atoms with van der Waals surface area (Å²) in [5.74, 6) is -1.83. The van der Waals surface area contributed by atoms with Crippen molar-refractivity contribution in [2.24, 2.45) is 0 Å². The van der Waals surface area contributed by atoms with Crippen LogP contribution in [0.2, 0.25) is 0 Å². The molecule has 3 N–H and O–H groups in total. The van der Waals surface area contributed by atoms with Gasteiger partial charge in [-0.05, 0) is 62.7 Å². The Morgan fingerprint density at radius 3 is 2.17 bits per heavy atom. The van der Waals surface area contributed by atoms with Crippen LogP contribution in [0.15, 0.2) is 72.8 Å². The fourth-order valence-corrected chi connectivity index (χ4v) is 3.88. The molecule has 7 nitrogen and oxygen atoms in total. The average Bonchev–Trinajstić information content (AvgIpc) is 3.13. The number of carbonyl (C=O) groups is 2. The van der Waals surface area contributed by atoms with E-state index in [4.69, 9.17) is 0 Å². The maximum Gasteiger partial charge on any atom is 0.323 e. The molecule has 0 radical (unpaired) electrons. The van der Waals surface area contributed by atoms with Crippen LogP contribution < -0.4 is 16.0 Å². The summed E-state index contributed by atoms with van der Waals surface area (Å²) in [5.41, 5.74) is 3.34. The maximum absolute atomic E-state index is 14.3. The number of amides is 3. The van der Waals surface area contributed by atoms with E-state index in [0.29, 0.717) is 28.3 Å². The zero-order chi connectivity index (χ0) is 25.8. The smallest absolute Gasteiger partial charge is 0.323 e. The molecule has 0 fully saturated rings. The molecule has 3 aromatic carbocycles.